The summed E-state index contributed by atoms with van der Waals surface area (Å²) in [5, 5.41) is 0. The van der Waals surface area contributed by atoms with E-state index in [0.717, 1.165) is 23.5 Å². The summed E-state index contributed by atoms with van der Waals surface area (Å²) in [6.45, 7) is 12.8. The molecule has 2 heterocycles. The van der Waals surface area contributed by atoms with E-state index in [1.54, 1.807) is 0 Å². The molecule has 0 aliphatic carbocycles. The zero-order valence-corrected chi connectivity index (χ0v) is 16.6. The lowest BCUT2D eigenvalue weighted by molar-refractivity contribution is 0.0207. The van der Waals surface area contributed by atoms with Gasteiger partial charge in [0.25, 0.3) is 0 Å². The topological polar surface area (TPSA) is 58.2 Å². The Hall–Kier alpha value is -2.30. The first kappa shape index (κ1) is 18.5. The van der Waals surface area contributed by atoms with E-state index in [-0.39, 0.29) is 17.6 Å². The fourth-order valence-electron chi connectivity index (χ4n) is 3.41. The summed E-state index contributed by atoms with van der Waals surface area (Å²) >= 11 is 0. The molecule has 1 aliphatic rings. The molecule has 0 unspecified atom stereocenters. The van der Waals surface area contributed by atoms with Crippen LogP contribution in [0.5, 0.6) is 0 Å². The molecule has 1 fully saturated rings. The fraction of sp³-hybridized carbons (Fsp3) is 0.524. The van der Waals surface area contributed by atoms with Gasteiger partial charge in [0.1, 0.15) is 11.4 Å². The first-order valence-corrected chi connectivity index (χ1v) is 9.16. The Morgan fingerprint density at radius 3 is 2.54 bits per heavy atom. The number of amides is 1. The van der Waals surface area contributed by atoms with Gasteiger partial charge in [0.15, 0.2) is 0 Å². The van der Waals surface area contributed by atoms with Crippen molar-refractivity contribution in [2.24, 2.45) is 5.41 Å². The van der Waals surface area contributed by atoms with Crippen molar-refractivity contribution in [2.75, 3.05) is 6.54 Å². The van der Waals surface area contributed by atoms with Gasteiger partial charge in [0.2, 0.25) is 0 Å². The summed E-state index contributed by atoms with van der Waals surface area (Å²) in [6, 6.07) is 8.23. The summed E-state index contributed by atoms with van der Waals surface area (Å²) in [7, 11) is 0. The average Bonchev–Trinajstić information content (AvgIpc) is 3.10. The number of H-pyrrole nitrogens is 1. The summed E-state index contributed by atoms with van der Waals surface area (Å²) in [6.07, 6.45) is 2.42. The number of hydrogen-bond donors (Lipinski definition) is 1. The third kappa shape index (κ3) is 4.09. The predicted molar refractivity (Wildman–Crippen MR) is 103 cm³/mol. The van der Waals surface area contributed by atoms with Crippen molar-refractivity contribution in [1.29, 1.82) is 0 Å². The van der Waals surface area contributed by atoms with Gasteiger partial charge in [-0.2, -0.15) is 0 Å². The van der Waals surface area contributed by atoms with Gasteiger partial charge < -0.3 is 9.72 Å². The van der Waals surface area contributed by atoms with E-state index in [1.807, 2.05) is 31.9 Å². The summed E-state index contributed by atoms with van der Waals surface area (Å²) in [4.78, 5) is 22.5. The number of rotatable bonds is 2. The molecule has 1 aliphatic heterocycles. The molecule has 1 aromatic heterocycles. The Balaban J connectivity index is 1.86. The number of nitrogens with zero attached hydrogens (tertiary/aromatic N) is 2. The molecule has 1 atom stereocenters. The molecular formula is C21H29N3O2. The lowest BCUT2D eigenvalue weighted by atomic mass is 9.90. The normalized spacial score (nSPS) is 19.6. The van der Waals surface area contributed by atoms with Crippen LogP contribution in [0.4, 0.5) is 4.79 Å². The van der Waals surface area contributed by atoms with Gasteiger partial charge in [-0.15, -0.1) is 0 Å². The molecule has 3 rings (SSSR count). The molecule has 0 spiro atoms. The highest BCUT2D eigenvalue weighted by Gasteiger charge is 2.43. The highest BCUT2D eigenvalue weighted by molar-refractivity contribution is 5.69. The van der Waals surface area contributed by atoms with Crippen LogP contribution in [0.1, 0.15) is 58.5 Å². The average molecular weight is 355 g/mol. The van der Waals surface area contributed by atoms with Gasteiger partial charge in [-0.05, 0) is 45.1 Å². The molecule has 0 bridgehead atoms. The third-order valence-corrected chi connectivity index (χ3v) is 4.62. The van der Waals surface area contributed by atoms with E-state index in [2.05, 4.69) is 55.0 Å². The van der Waals surface area contributed by atoms with E-state index in [4.69, 9.17) is 4.74 Å². The standard InChI is InChI=1S/C21H29N3O2/c1-14-7-9-15(10-8-14)16-12-22-18(23-16)17-11-21(5,6)13-24(17)19(25)26-20(2,3)4/h7-10,12,17H,11,13H2,1-6H3,(H,22,23)/t17-/m0/s1. The van der Waals surface area contributed by atoms with E-state index in [1.165, 1.54) is 5.56 Å². The lowest BCUT2D eigenvalue weighted by Crippen LogP contribution is -2.37. The second kappa shape index (κ2) is 6.45. The number of aryl methyl sites for hydroxylation is 1. The highest BCUT2D eigenvalue weighted by Crippen LogP contribution is 2.42. The van der Waals surface area contributed by atoms with Gasteiger partial charge in [-0.25, -0.2) is 9.78 Å². The largest absolute Gasteiger partial charge is 0.444 e. The number of hydrogen-bond acceptors (Lipinski definition) is 3. The Morgan fingerprint density at radius 1 is 1.27 bits per heavy atom. The van der Waals surface area contributed by atoms with E-state index >= 15 is 0 Å². The molecule has 1 aromatic carbocycles. The minimum atomic E-state index is -0.509. The van der Waals surface area contributed by atoms with Crippen molar-refractivity contribution in [3.05, 3.63) is 41.9 Å². The molecule has 0 radical (unpaired) electrons. The monoisotopic (exact) mass is 355 g/mol. The van der Waals surface area contributed by atoms with Crippen LogP contribution in [0.2, 0.25) is 0 Å². The molecule has 1 saturated heterocycles. The summed E-state index contributed by atoms with van der Waals surface area (Å²) in [5.74, 6) is 0.817. The van der Waals surface area contributed by atoms with Gasteiger partial charge >= 0.3 is 6.09 Å². The Labute approximate surface area is 155 Å². The van der Waals surface area contributed by atoms with Crippen LogP contribution in [0.25, 0.3) is 11.3 Å². The molecule has 26 heavy (non-hydrogen) atoms. The smallest absolute Gasteiger partial charge is 0.410 e. The molecule has 1 N–H and O–H groups in total. The zero-order valence-electron chi connectivity index (χ0n) is 16.6. The van der Waals surface area contributed by atoms with Gasteiger partial charge in [0.05, 0.1) is 17.9 Å². The Morgan fingerprint density at radius 2 is 1.92 bits per heavy atom. The van der Waals surface area contributed by atoms with Crippen LogP contribution >= 0.6 is 0 Å². The van der Waals surface area contributed by atoms with Crippen molar-refractivity contribution in [1.82, 2.24) is 14.9 Å². The maximum absolute atomic E-state index is 12.7. The number of likely N-dealkylation sites (tertiary alicyclic amines) is 1. The molecule has 5 heteroatoms. The molecular weight excluding hydrogens is 326 g/mol. The number of benzene rings is 1. The predicted octanol–water partition coefficient (Wildman–Crippen LogP) is 5.09. The van der Waals surface area contributed by atoms with Crippen LogP contribution in [-0.2, 0) is 4.74 Å². The van der Waals surface area contributed by atoms with Crippen LogP contribution in [0, 0.1) is 12.3 Å². The third-order valence-electron chi connectivity index (χ3n) is 4.62. The first-order chi connectivity index (χ1) is 12.0. The van der Waals surface area contributed by atoms with Crippen molar-refractivity contribution in [3.8, 4) is 11.3 Å². The number of carbonyl (C=O) groups excluding carboxylic acids is 1. The highest BCUT2D eigenvalue weighted by atomic mass is 16.6. The quantitative estimate of drug-likeness (QED) is 0.816. The van der Waals surface area contributed by atoms with Crippen molar-refractivity contribution < 1.29 is 9.53 Å². The minimum absolute atomic E-state index is 0.0262. The fourth-order valence-corrected chi connectivity index (χ4v) is 3.41. The SMILES string of the molecule is Cc1ccc(-c2cnc([C@@H]3CC(C)(C)CN3C(=O)OC(C)(C)C)[nH]2)cc1. The Kier molecular flexibility index (Phi) is 4.59. The van der Waals surface area contributed by atoms with E-state index < -0.39 is 5.60 Å². The van der Waals surface area contributed by atoms with Gasteiger partial charge in [-0.1, -0.05) is 43.7 Å². The number of aromatic amines is 1. The van der Waals surface area contributed by atoms with Gasteiger partial charge in [0, 0.05) is 6.54 Å². The maximum Gasteiger partial charge on any atom is 0.410 e. The number of imidazole rings is 1. The van der Waals surface area contributed by atoms with Crippen molar-refractivity contribution >= 4 is 6.09 Å². The number of carbonyl (C=O) groups is 1. The van der Waals surface area contributed by atoms with E-state index in [9.17, 15) is 4.79 Å². The molecule has 1 amide bonds. The van der Waals surface area contributed by atoms with Crippen LogP contribution in [0.15, 0.2) is 30.5 Å². The van der Waals surface area contributed by atoms with Crippen LogP contribution in [0.3, 0.4) is 0 Å². The first-order valence-electron chi connectivity index (χ1n) is 9.16. The number of aromatic nitrogens is 2. The molecule has 0 saturated carbocycles. The molecule has 140 valence electrons. The Bertz CT molecular complexity index is 784. The number of nitrogens with one attached hydrogen (secondary N) is 1. The molecule has 5 nitrogen and oxygen atoms in total. The maximum atomic E-state index is 12.7. The van der Waals surface area contributed by atoms with Crippen molar-refractivity contribution in [2.45, 2.75) is 59.6 Å². The second-order valence-corrected chi connectivity index (χ2v) is 9.04. The second-order valence-electron chi connectivity index (χ2n) is 9.04. The lowest BCUT2D eigenvalue weighted by Gasteiger charge is -2.28. The minimum Gasteiger partial charge on any atom is -0.444 e. The summed E-state index contributed by atoms with van der Waals surface area (Å²) < 4.78 is 5.62. The zero-order chi connectivity index (χ0) is 19.1. The molecule has 2 aromatic rings. The van der Waals surface area contributed by atoms with Crippen LogP contribution in [-0.4, -0.2) is 33.1 Å². The number of ether oxygens (including phenoxy) is 1. The van der Waals surface area contributed by atoms with Crippen molar-refractivity contribution in [3.63, 3.8) is 0 Å². The van der Waals surface area contributed by atoms with E-state index in [0.29, 0.717) is 6.54 Å². The van der Waals surface area contributed by atoms with Gasteiger partial charge in [-0.3, -0.25) is 4.90 Å². The summed E-state index contributed by atoms with van der Waals surface area (Å²) in [5.41, 5.74) is 2.80. The van der Waals surface area contributed by atoms with Crippen LogP contribution < -0.4 is 0 Å².